The predicted octanol–water partition coefficient (Wildman–Crippen LogP) is 1.94. The van der Waals surface area contributed by atoms with Crippen molar-refractivity contribution >= 4 is 5.91 Å². The summed E-state index contributed by atoms with van der Waals surface area (Å²) >= 11 is 0. The molecular formula is C14H24N2O. The van der Waals surface area contributed by atoms with Crippen molar-refractivity contribution in [3.05, 3.63) is 11.6 Å². The number of nitrogens with zero attached hydrogens (tertiary/aromatic N) is 1. The first-order valence-corrected chi connectivity index (χ1v) is 6.79. The zero-order chi connectivity index (χ0) is 12.4. The van der Waals surface area contributed by atoms with Crippen molar-refractivity contribution < 1.29 is 4.79 Å². The van der Waals surface area contributed by atoms with Crippen LogP contribution in [0.25, 0.3) is 0 Å². The molecule has 2 aliphatic rings. The molecule has 0 aromatic rings. The number of piperazine rings is 1. The largest absolute Gasteiger partial charge is 0.336 e. The van der Waals surface area contributed by atoms with Crippen molar-refractivity contribution in [1.82, 2.24) is 10.2 Å². The molecule has 1 amide bonds. The standard InChI is InChI=1S/C14H24N2O/c1-10-4-5-13(6-10)7-14(17)16-8-11(2)15-12(3)9-16/h7,10-12,15H,4-6,8-9H2,1-3H3. The van der Waals surface area contributed by atoms with Crippen molar-refractivity contribution in [3.63, 3.8) is 0 Å². The number of hydrogen-bond donors (Lipinski definition) is 1. The molecule has 0 bridgehead atoms. The number of rotatable bonds is 1. The van der Waals surface area contributed by atoms with Crippen LogP contribution < -0.4 is 5.32 Å². The van der Waals surface area contributed by atoms with Gasteiger partial charge < -0.3 is 10.2 Å². The fourth-order valence-electron chi connectivity index (χ4n) is 2.99. The third kappa shape index (κ3) is 3.32. The van der Waals surface area contributed by atoms with Gasteiger partial charge in [0.1, 0.15) is 0 Å². The van der Waals surface area contributed by atoms with Crippen molar-refractivity contribution in [3.8, 4) is 0 Å². The van der Waals surface area contributed by atoms with Crippen LogP contribution in [-0.2, 0) is 4.79 Å². The molecule has 3 nitrogen and oxygen atoms in total. The van der Waals surface area contributed by atoms with E-state index >= 15 is 0 Å². The molecule has 0 aromatic carbocycles. The van der Waals surface area contributed by atoms with Crippen molar-refractivity contribution in [1.29, 1.82) is 0 Å². The third-order valence-corrected chi connectivity index (χ3v) is 3.77. The summed E-state index contributed by atoms with van der Waals surface area (Å²) in [6.07, 6.45) is 5.37. The lowest BCUT2D eigenvalue weighted by molar-refractivity contribution is -0.127. The van der Waals surface area contributed by atoms with Crippen LogP contribution in [-0.4, -0.2) is 36.0 Å². The highest BCUT2D eigenvalue weighted by Gasteiger charge is 2.24. The number of carbonyl (C=O) groups is 1. The summed E-state index contributed by atoms with van der Waals surface area (Å²) in [7, 11) is 0. The normalized spacial score (nSPS) is 36.5. The van der Waals surface area contributed by atoms with E-state index in [9.17, 15) is 4.79 Å². The monoisotopic (exact) mass is 236 g/mol. The van der Waals surface area contributed by atoms with Crippen LogP contribution in [0.2, 0.25) is 0 Å². The van der Waals surface area contributed by atoms with Gasteiger partial charge in [0.25, 0.3) is 0 Å². The molecule has 1 saturated carbocycles. The van der Waals surface area contributed by atoms with E-state index in [0.29, 0.717) is 12.1 Å². The van der Waals surface area contributed by atoms with E-state index in [2.05, 4.69) is 26.1 Å². The van der Waals surface area contributed by atoms with Gasteiger partial charge in [0.2, 0.25) is 5.91 Å². The Morgan fingerprint density at radius 3 is 2.47 bits per heavy atom. The first-order chi connectivity index (χ1) is 8.04. The molecule has 0 aromatic heterocycles. The molecule has 3 heteroatoms. The zero-order valence-corrected chi connectivity index (χ0v) is 11.2. The van der Waals surface area contributed by atoms with E-state index in [1.807, 2.05) is 11.0 Å². The molecule has 96 valence electrons. The molecule has 2 fully saturated rings. The van der Waals surface area contributed by atoms with Crippen molar-refractivity contribution in [2.24, 2.45) is 5.92 Å². The predicted molar refractivity (Wildman–Crippen MR) is 69.7 cm³/mol. The lowest BCUT2D eigenvalue weighted by Gasteiger charge is -2.35. The molecule has 0 radical (unpaired) electrons. The summed E-state index contributed by atoms with van der Waals surface area (Å²) in [6, 6.07) is 0.812. The summed E-state index contributed by atoms with van der Waals surface area (Å²) in [6.45, 7) is 8.22. The van der Waals surface area contributed by atoms with E-state index in [4.69, 9.17) is 0 Å². The van der Waals surface area contributed by atoms with Gasteiger partial charge in [0, 0.05) is 31.2 Å². The second-order valence-corrected chi connectivity index (χ2v) is 5.86. The maximum Gasteiger partial charge on any atom is 0.246 e. The van der Waals surface area contributed by atoms with Crippen LogP contribution >= 0.6 is 0 Å². The minimum atomic E-state index is 0.217. The van der Waals surface area contributed by atoms with Gasteiger partial charge in [-0.1, -0.05) is 12.5 Å². The Morgan fingerprint density at radius 2 is 1.94 bits per heavy atom. The minimum Gasteiger partial charge on any atom is -0.336 e. The number of amides is 1. The molecule has 0 spiro atoms. The maximum atomic E-state index is 12.2. The summed E-state index contributed by atoms with van der Waals surface area (Å²) in [5.74, 6) is 0.976. The van der Waals surface area contributed by atoms with Gasteiger partial charge in [-0.25, -0.2) is 0 Å². The fourth-order valence-corrected chi connectivity index (χ4v) is 2.99. The summed E-state index contributed by atoms with van der Waals surface area (Å²) in [5, 5.41) is 3.45. The Labute approximate surface area is 104 Å². The first-order valence-electron chi connectivity index (χ1n) is 6.79. The van der Waals surface area contributed by atoms with Crippen LogP contribution in [0.15, 0.2) is 11.6 Å². The first kappa shape index (κ1) is 12.6. The highest BCUT2D eigenvalue weighted by atomic mass is 16.2. The van der Waals surface area contributed by atoms with Crippen LogP contribution in [0.4, 0.5) is 0 Å². The van der Waals surface area contributed by atoms with Gasteiger partial charge in [-0.15, -0.1) is 0 Å². The van der Waals surface area contributed by atoms with E-state index in [1.165, 1.54) is 12.0 Å². The van der Waals surface area contributed by atoms with Gasteiger partial charge in [-0.2, -0.15) is 0 Å². The van der Waals surface area contributed by atoms with E-state index in [0.717, 1.165) is 31.8 Å². The second kappa shape index (κ2) is 5.21. The summed E-state index contributed by atoms with van der Waals surface area (Å²) in [5.41, 5.74) is 1.35. The Bertz CT molecular complexity index is 314. The SMILES string of the molecule is CC1CCC(=CC(=O)N2CC(C)NC(C)C2)C1. The Kier molecular flexibility index (Phi) is 3.87. The molecule has 2 rings (SSSR count). The maximum absolute atomic E-state index is 12.2. The highest BCUT2D eigenvalue weighted by molar-refractivity contribution is 5.88. The Hall–Kier alpha value is -0.830. The molecule has 1 aliphatic carbocycles. The van der Waals surface area contributed by atoms with Crippen molar-refractivity contribution in [2.45, 2.75) is 52.1 Å². The Morgan fingerprint density at radius 1 is 1.29 bits per heavy atom. The number of nitrogens with one attached hydrogen (secondary N) is 1. The number of allylic oxidation sites excluding steroid dienone is 1. The molecule has 3 unspecified atom stereocenters. The molecule has 17 heavy (non-hydrogen) atoms. The fraction of sp³-hybridized carbons (Fsp3) is 0.786. The molecule has 1 saturated heterocycles. The van der Waals surface area contributed by atoms with E-state index < -0.39 is 0 Å². The average Bonchev–Trinajstić information content (AvgIpc) is 2.62. The third-order valence-electron chi connectivity index (χ3n) is 3.77. The lowest BCUT2D eigenvalue weighted by atomic mass is 10.1. The van der Waals surface area contributed by atoms with Gasteiger partial charge in [-0.05, 0) is 39.0 Å². The van der Waals surface area contributed by atoms with Gasteiger partial charge in [0.15, 0.2) is 0 Å². The molecule has 3 atom stereocenters. The second-order valence-electron chi connectivity index (χ2n) is 5.86. The molecule has 1 N–H and O–H groups in total. The lowest BCUT2D eigenvalue weighted by Crippen LogP contribution is -2.55. The summed E-state index contributed by atoms with van der Waals surface area (Å²) < 4.78 is 0. The number of carbonyl (C=O) groups excluding carboxylic acids is 1. The average molecular weight is 236 g/mol. The van der Waals surface area contributed by atoms with E-state index in [1.54, 1.807) is 0 Å². The Balaban J connectivity index is 1.95. The van der Waals surface area contributed by atoms with Crippen LogP contribution in [0.5, 0.6) is 0 Å². The molecular weight excluding hydrogens is 212 g/mol. The van der Waals surface area contributed by atoms with Gasteiger partial charge >= 0.3 is 0 Å². The van der Waals surface area contributed by atoms with E-state index in [-0.39, 0.29) is 5.91 Å². The minimum absolute atomic E-state index is 0.217. The highest BCUT2D eigenvalue weighted by Crippen LogP contribution is 2.29. The molecule has 1 aliphatic heterocycles. The van der Waals surface area contributed by atoms with Crippen LogP contribution in [0.3, 0.4) is 0 Å². The van der Waals surface area contributed by atoms with Gasteiger partial charge in [0.05, 0.1) is 0 Å². The number of hydrogen-bond acceptors (Lipinski definition) is 2. The van der Waals surface area contributed by atoms with Crippen LogP contribution in [0.1, 0.15) is 40.0 Å². The quantitative estimate of drug-likeness (QED) is 0.706. The topological polar surface area (TPSA) is 32.3 Å². The summed E-state index contributed by atoms with van der Waals surface area (Å²) in [4.78, 5) is 14.2. The van der Waals surface area contributed by atoms with Crippen LogP contribution in [0, 0.1) is 5.92 Å². The molecule has 1 heterocycles. The zero-order valence-electron chi connectivity index (χ0n) is 11.2. The van der Waals surface area contributed by atoms with Gasteiger partial charge in [-0.3, -0.25) is 4.79 Å². The van der Waals surface area contributed by atoms with Crippen molar-refractivity contribution in [2.75, 3.05) is 13.1 Å². The smallest absolute Gasteiger partial charge is 0.246 e.